The van der Waals surface area contributed by atoms with Crippen molar-refractivity contribution in [2.45, 2.75) is 20.8 Å². The molecule has 0 saturated heterocycles. The zero-order valence-electron chi connectivity index (χ0n) is 12.2. The minimum absolute atomic E-state index is 0.247. The summed E-state index contributed by atoms with van der Waals surface area (Å²) >= 11 is 1.36. The van der Waals surface area contributed by atoms with Crippen LogP contribution in [-0.4, -0.2) is 23.7 Å². The van der Waals surface area contributed by atoms with Crippen molar-refractivity contribution >= 4 is 23.5 Å². The molecule has 110 valence electrons. The van der Waals surface area contributed by atoms with Crippen molar-refractivity contribution in [1.29, 1.82) is 0 Å². The van der Waals surface area contributed by atoms with Crippen LogP contribution in [0.3, 0.4) is 0 Å². The van der Waals surface area contributed by atoms with Crippen LogP contribution in [-0.2, 0) is 0 Å². The van der Waals surface area contributed by atoms with E-state index in [2.05, 4.69) is 15.5 Å². The monoisotopic (exact) mass is 303 g/mol. The number of nitrogens with one attached hydrogen (secondary N) is 1. The number of rotatable bonds is 5. The number of para-hydroxylation sites is 1. The largest absolute Gasteiger partial charge is 0.493 e. The minimum Gasteiger partial charge on any atom is -0.493 e. The summed E-state index contributed by atoms with van der Waals surface area (Å²) in [7, 11) is 0. The SMILES string of the molecule is CCOc1ccccc1/C=N/NC(=O)c1sc(C)nc1C. The Morgan fingerprint density at radius 3 is 2.86 bits per heavy atom. The molecule has 0 atom stereocenters. The van der Waals surface area contributed by atoms with Crippen LogP contribution in [0.15, 0.2) is 29.4 Å². The van der Waals surface area contributed by atoms with Crippen molar-refractivity contribution in [3.05, 3.63) is 45.4 Å². The number of thiazole rings is 1. The Bertz CT molecular complexity index is 665. The third-order valence-corrected chi connectivity index (χ3v) is 3.77. The van der Waals surface area contributed by atoms with Crippen molar-refractivity contribution in [2.75, 3.05) is 6.61 Å². The second kappa shape index (κ2) is 6.99. The van der Waals surface area contributed by atoms with Crippen molar-refractivity contribution in [3.8, 4) is 5.75 Å². The highest BCUT2D eigenvalue weighted by atomic mass is 32.1. The number of ether oxygens (including phenoxy) is 1. The summed E-state index contributed by atoms with van der Waals surface area (Å²) in [5.74, 6) is 0.492. The molecule has 1 aromatic heterocycles. The molecule has 6 heteroatoms. The molecule has 0 aliphatic heterocycles. The molecular weight excluding hydrogens is 286 g/mol. The molecule has 2 aromatic rings. The maximum absolute atomic E-state index is 12.0. The predicted molar refractivity (Wildman–Crippen MR) is 84.3 cm³/mol. The van der Waals surface area contributed by atoms with Gasteiger partial charge in [-0.05, 0) is 32.9 Å². The van der Waals surface area contributed by atoms with Crippen LogP contribution < -0.4 is 10.2 Å². The van der Waals surface area contributed by atoms with Gasteiger partial charge in [0.25, 0.3) is 5.91 Å². The Kier molecular flexibility index (Phi) is 5.05. The lowest BCUT2D eigenvalue weighted by molar-refractivity contribution is 0.0958. The van der Waals surface area contributed by atoms with Gasteiger partial charge in [0.05, 0.1) is 23.5 Å². The van der Waals surface area contributed by atoms with Crippen molar-refractivity contribution in [2.24, 2.45) is 5.10 Å². The van der Waals surface area contributed by atoms with Gasteiger partial charge in [-0.25, -0.2) is 10.4 Å². The zero-order chi connectivity index (χ0) is 15.2. The van der Waals surface area contributed by atoms with Gasteiger partial charge in [-0.3, -0.25) is 4.79 Å². The van der Waals surface area contributed by atoms with Crippen LogP contribution >= 0.6 is 11.3 Å². The summed E-state index contributed by atoms with van der Waals surface area (Å²) in [4.78, 5) is 16.8. The van der Waals surface area contributed by atoms with E-state index in [1.54, 1.807) is 6.21 Å². The summed E-state index contributed by atoms with van der Waals surface area (Å²) in [6.45, 7) is 6.18. The normalized spacial score (nSPS) is 10.8. The van der Waals surface area contributed by atoms with Crippen LogP contribution in [0.2, 0.25) is 0 Å². The minimum atomic E-state index is -0.247. The number of carbonyl (C=O) groups is 1. The van der Waals surface area contributed by atoms with Crippen molar-refractivity contribution in [3.63, 3.8) is 0 Å². The molecule has 0 spiro atoms. The van der Waals surface area contributed by atoms with Gasteiger partial charge in [0.2, 0.25) is 0 Å². The number of hydrogen-bond acceptors (Lipinski definition) is 5. The third kappa shape index (κ3) is 3.88. The second-order valence-electron chi connectivity index (χ2n) is 4.32. The fraction of sp³-hybridized carbons (Fsp3) is 0.267. The van der Waals surface area contributed by atoms with Gasteiger partial charge in [-0.2, -0.15) is 5.10 Å². The summed E-state index contributed by atoms with van der Waals surface area (Å²) < 4.78 is 5.49. The van der Waals surface area contributed by atoms with E-state index >= 15 is 0 Å². The quantitative estimate of drug-likeness (QED) is 0.682. The number of benzene rings is 1. The van der Waals surface area contributed by atoms with Gasteiger partial charge in [-0.1, -0.05) is 12.1 Å². The maximum atomic E-state index is 12.0. The number of aryl methyl sites for hydroxylation is 2. The van der Waals surface area contributed by atoms with Gasteiger partial charge < -0.3 is 4.74 Å². The van der Waals surface area contributed by atoms with Crippen LogP contribution in [0.5, 0.6) is 5.75 Å². The summed E-state index contributed by atoms with van der Waals surface area (Å²) in [6.07, 6.45) is 1.58. The van der Waals surface area contributed by atoms with Gasteiger partial charge in [0.15, 0.2) is 0 Å². The highest BCUT2D eigenvalue weighted by Gasteiger charge is 2.12. The van der Waals surface area contributed by atoms with Gasteiger partial charge in [0.1, 0.15) is 10.6 Å². The van der Waals surface area contributed by atoms with Gasteiger partial charge in [-0.15, -0.1) is 11.3 Å². The molecule has 21 heavy (non-hydrogen) atoms. The van der Waals surface area contributed by atoms with E-state index in [9.17, 15) is 4.79 Å². The number of hydrogen-bond donors (Lipinski definition) is 1. The molecule has 0 unspecified atom stereocenters. The number of aromatic nitrogens is 1. The molecule has 1 heterocycles. The van der Waals surface area contributed by atoms with Gasteiger partial charge in [0, 0.05) is 5.56 Å². The molecule has 0 aliphatic rings. The Hall–Kier alpha value is -2.21. The first kappa shape index (κ1) is 15.2. The zero-order valence-corrected chi connectivity index (χ0v) is 13.0. The average molecular weight is 303 g/mol. The number of nitrogens with zero attached hydrogens (tertiary/aromatic N) is 2. The van der Waals surface area contributed by atoms with E-state index in [-0.39, 0.29) is 5.91 Å². The lowest BCUT2D eigenvalue weighted by atomic mass is 10.2. The molecule has 2 rings (SSSR count). The Morgan fingerprint density at radius 1 is 1.43 bits per heavy atom. The van der Waals surface area contributed by atoms with Crippen LogP contribution in [0.1, 0.15) is 32.9 Å². The first-order valence-corrected chi connectivity index (χ1v) is 7.42. The smallest absolute Gasteiger partial charge is 0.283 e. The average Bonchev–Trinajstić information content (AvgIpc) is 2.80. The Labute approximate surface area is 127 Å². The van der Waals surface area contributed by atoms with Crippen molar-refractivity contribution in [1.82, 2.24) is 10.4 Å². The van der Waals surface area contributed by atoms with Crippen LogP contribution in [0, 0.1) is 13.8 Å². The molecule has 1 amide bonds. The lowest BCUT2D eigenvalue weighted by Gasteiger charge is -2.05. The molecule has 1 N–H and O–H groups in total. The Balaban J connectivity index is 2.06. The number of amides is 1. The highest BCUT2D eigenvalue weighted by molar-refractivity contribution is 7.13. The highest BCUT2D eigenvalue weighted by Crippen LogP contribution is 2.17. The van der Waals surface area contributed by atoms with Crippen molar-refractivity contribution < 1.29 is 9.53 Å². The van der Waals surface area contributed by atoms with E-state index < -0.39 is 0 Å². The number of hydrazone groups is 1. The lowest BCUT2D eigenvalue weighted by Crippen LogP contribution is -2.17. The fourth-order valence-electron chi connectivity index (χ4n) is 1.83. The van der Waals surface area contributed by atoms with Gasteiger partial charge >= 0.3 is 0 Å². The molecule has 5 nitrogen and oxygen atoms in total. The molecule has 0 fully saturated rings. The third-order valence-electron chi connectivity index (χ3n) is 2.70. The molecule has 0 radical (unpaired) electrons. The topological polar surface area (TPSA) is 63.6 Å². The predicted octanol–water partition coefficient (Wildman–Crippen LogP) is 2.92. The van der Waals surface area contributed by atoms with E-state index in [0.29, 0.717) is 11.5 Å². The first-order valence-electron chi connectivity index (χ1n) is 6.61. The van der Waals surface area contributed by atoms with E-state index in [1.165, 1.54) is 11.3 Å². The number of carbonyl (C=O) groups excluding carboxylic acids is 1. The molecule has 0 saturated carbocycles. The van der Waals surface area contributed by atoms with E-state index in [1.807, 2.05) is 45.0 Å². The van der Waals surface area contributed by atoms with Crippen LogP contribution in [0.25, 0.3) is 0 Å². The molecule has 1 aromatic carbocycles. The standard InChI is InChI=1S/C15H17N3O2S/c1-4-20-13-8-6-5-7-12(13)9-16-18-15(19)14-10(2)17-11(3)21-14/h5-9H,4H2,1-3H3,(H,18,19)/b16-9+. The van der Waals surface area contributed by atoms with E-state index in [4.69, 9.17) is 4.74 Å². The van der Waals surface area contributed by atoms with E-state index in [0.717, 1.165) is 22.0 Å². The van der Waals surface area contributed by atoms with Crippen LogP contribution in [0.4, 0.5) is 0 Å². The second-order valence-corrected chi connectivity index (χ2v) is 5.52. The maximum Gasteiger partial charge on any atom is 0.283 e. The molecular formula is C15H17N3O2S. The molecule has 0 aliphatic carbocycles. The first-order chi connectivity index (χ1) is 10.1. The summed E-state index contributed by atoms with van der Waals surface area (Å²) in [6, 6.07) is 7.53. The fourth-order valence-corrected chi connectivity index (χ4v) is 2.64. The molecule has 0 bridgehead atoms. The Morgan fingerprint density at radius 2 is 2.19 bits per heavy atom. The summed E-state index contributed by atoms with van der Waals surface area (Å²) in [5.41, 5.74) is 4.05. The summed E-state index contributed by atoms with van der Waals surface area (Å²) in [5, 5.41) is 4.85.